The summed E-state index contributed by atoms with van der Waals surface area (Å²) >= 11 is 0. The van der Waals surface area contributed by atoms with E-state index in [1.54, 1.807) is 12.1 Å². The SMILES string of the molecule is CC(c1cccc(F)c1)N(C)C(CN)C1CC1. The van der Waals surface area contributed by atoms with Crippen LogP contribution in [0.2, 0.25) is 0 Å². The molecule has 0 heterocycles. The van der Waals surface area contributed by atoms with Crippen molar-refractivity contribution < 1.29 is 4.39 Å². The summed E-state index contributed by atoms with van der Waals surface area (Å²) in [7, 11) is 2.09. The molecule has 1 aliphatic carbocycles. The zero-order chi connectivity index (χ0) is 12.4. The second-order valence-electron chi connectivity index (χ2n) is 5.04. The minimum absolute atomic E-state index is 0.168. The van der Waals surface area contributed by atoms with E-state index < -0.39 is 0 Å². The molecule has 1 aromatic rings. The maximum absolute atomic E-state index is 13.2. The van der Waals surface area contributed by atoms with Crippen LogP contribution in [0.25, 0.3) is 0 Å². The molecular formula is C14H21FN2. The summed E-state index contributed by atoms with van der Waals surface area (Å²) in [5, 5.41) is 0. The van der Waals surface area contributed by atoms with Crippen LogP contribution in [0.4, 0.5) is 4.39 Å². The van der Waals surface area contributed by atoms with E-state index in [1.807, 2.05) is 6.07 Å². The van der Waals surface area contributed by atoms with Crippen molar-refractivity contribution >= 4 is 0 Å². The van der Waals surface area contributed by atoms with Crippen LogP contribution in [-0.2, 0) is 0 Å². The Morgan fingerprint density at radius 2 is 2.18 bits per heavy atom. The fraction of sp³-hybridized carbons (Fsp3) is 0.571. The number of likely N-dealkylation sites (N-methyl/N-ethyl adjacent to an activating group) is 1. The zero-order valence-corrected chi connectivity index (χ0v) is 10.6. The molecule has 1 fully saturated rings. The maximum Gasteiger partial charge on any atom is 0.123 e. The average Bonchev–Trinajstić information content (AvgIpc) is 3.13. The van der Waals surface area contributed by atoms with Gasteiger partial charge in [0.15, 0.2) is 0 Å². The molecule has 0 radical (unpaired) electrons. The van der Waals surface area contributed by atoms with Crippen LogP contribution < -0.4 is 5.73 Å². The van der Waals surface area contributed by atoms with E-state index in [1.165, 1.54) is 18.9 Å². The Hall–Kier alpha value is -0.930. The topological polar surface area (TPSA) is 29.3 Å². The summed E-state index contributed by atoms with van der Waals surface area (Å²) < 4.78 is 13.2. The number of rotatable bonds is 5. The number of nitrogens with two attached hydrogens (primary N) is 1. The molecule has 0 spiro atoms. The second kappa shape index (κ2) is 5.15. The van der Waals surface area contributed by atoms with Gasteiger partial charge in [-0.1, -0.05) is 12.1 Å². The molecule has 2 unspecified atom stereocenters. The molecule has 2 N–H and O–H groups in total. The summed E-state index contributed by atoms with van der Waals surface area (Å²) in [4.78, 5) is 2.28. The lowest BCUT2D eigenvalue weighted by Gasteiger charge is -2.33. The van der Waals surface area contributed by atoms with Crippen LogP contribution >= 0.6 is 0 Å². The molecule has 1 aliphatic rings. The Kier molecular flexibility index (Phi) is 3.79. The van der Waals surface area contributed by atoms with E-state index in [9.17, 15) is 4.39 Å². The van der Waals surface area contributed by atoms with Gasteiger partial charge in [0.05, 0.1) is 0 Å². The highest BCUT2D eigenvalue weighted by Crippen LogP contribution is 2.37. The molecule has 94 valence electrons. The fourth-order valence-electron chi connectivity index (χ4n) is 2.46. The summed E-state index contributed by atoms with van der Waals surface area (Å²) in [5.74, 6) is 0.569. The summed E-state index contributed by atoms with van der Waals surface area (Å²) in [6, 6.07) is 7.47. The first-order valence-corrected chi connectivity index (χ1v) is 6.31. The molecule has 2 atom stereocenters. The second-order valence-corrected chi connectivity index (χ2v) is 5.04. The third kappa shape index (κ3) is 2.85. The predicted molar refractivity (Wildman–Crippen MR) is 68.1 cm³/mol. The molecule has 0 aliphatic heterocycles. The number of nitrogens with zero attached hydrogens (tertiary/aromatic N) is 1. The number of hydrogen-bond acceptors (Lipinski definition) is 2. The summed E-state index contributed by atoms with van der Waals surface area (Å²) in [6.45, 7) is 2.79. The van der Waals surface area contributed by atoms with E-state index in [0.717, 1.165) is 11.5 Å². The van der Waals surface area contributed by atoms with Crippen LogP contribution in [0.15, 0.2) is 24.3 Å². The third-order valence-corrected chi connectivity index (χ3v) is 3.87. The Morgan fingerprint density at radius 3 is 2.71 bits per heavy atom. The van der Waals surface area contributed by atoms with Gasteiger partial charge in [-0.05, 0) is 50.4 Å². The summed E-state index contributed by atoms with van der Waals surface area (Å²) in [5.41, 5.74) is 6.86. The van der Waals surface area contributed by atoms with Crippen molar-refractivity contribution in [1.29, 1.82) is 0 Å². The van der Waals surface area contributed by atoms with Crippen LogP contribution in [0.3, 0.4) is 0 Å². The van der Waals surface area contributed by atoms with E-state index in [-0.39, 0.29) is 11.9 Å². The van der Waals surface area contributed by atoms with Gasteiger partial charge in [0.2, 0.25) is 0 Å². The van der Waals surface area contributed by atoms with Crippen molar-refractivity contribution in [2.45, 2.75) is 31.8 Å². The predicted octanol–water partition coefficient (Wildman–Crippen LogP) is 2.56. The largest absolute Gasteiger partial charge is 0.329 e. The monoisotopic (exact) mass is 236 g/mol. The van der Waals surface area contributed by atoms with Crippen molar-refractivity contribution in [3.8, 4) is 0 Å². The molecule has 2 nitrogen and oxygen atoms in total. The Morgan fingerprint density at radius 1 is 1.47 bits per heavy atom. The number of hydrogen-bond donors (Lipinski definition) is 1. The van der Waals surface area contributed by atoms with Crippen molar-refractivity contribution in [3.05, 3.63) is 35.6 Å². The van der Waals surface area contributed by atoms with Gasteiger partial charge >= 0.3 is 0 Å². The van der Waals surface area contributed by atoms with E-state index in [0.29, 0.717) is 12.6 Å². The lowest BCUT2D eigenvalue weighted by Crippen LogP contribution is -2.41. The van der Waals surface area contributed by atoms with Gasteiger partial charge in [0.25, 0.3) is 0 Å². The molecule has 1 saturated carbocycles. The highest BCUT2D eigenvalue weighted by Gasteiger charge is 2.34. The minimum Gasteiger partial charge on any atom is -0.329 e. The van der Waals surface area contributed by atoms with Crippen LogP contribution in [0.1, 0.15) is 31.4 Å². The fourth-order valence-corrected chi connectivity index (χ4v) is 2.46. The minimum atomic E-state index is -0.168. The van der Waals surface area contributed by atoms with Crippen molar-refractivity contribution in [1.82, 2.24) is 4.90 Å². The normalized spacial score (nSPS) is 19.4. The first-order valence-electron chi connectivity index (χ1n) is 6.31. The van der Waals surface area contributed by atoms with Gasteiger partial charge < -0.3 is 5.73 Å². The average molecular weight is 236 g/mol. The zero-order valence-electron chi connectivity index (χ0n) is 10.6. The van der Waals surface area contributed by atoms with Crippen LogP contribution in [0.5, 0.6) is 0 Å². The molecular weight excluding hydrogens is 215 g/mol. The van der Waals surface area contributed by atoms with Gasteiger partial charge in [0.1, 0.15) is 5.82 Å². The highest BCUT2D eigenvalue weighted by molar-refractivity contribution is 5.20. The van der Waals surface area contributed by atoms with Crippen molar-refractivity contribution in [2.75, 3.05) is 13.6 Å². The lowest BCUT2D eigenvalue weighted by atomic mass is 10.0. The van der Waals surface area contributed by atoms with Crippen molar-refractivity contribution in [3.63, 3.8) is 0 Å². The quantitative estimate of drug-likeness (QED) is 0.851. The van der Waals surface area contributed by atoms with Crippen LogP contribution in [-0.4, -0.2) is 24.5 Å². The van der Waals surface area contributed by atoms with Gasteiger partial charge in [0, 0.05) is 18.6 Å². The molecule has 0 bridgehead atoms. The number of halogens is 1. The van der Waals surface area contributed by atoms with Crippen molar-refractivity contribution in [2.24, 2.45) is 11.7 Å². The molecule has 17 heavy (non-hydrogen) atoms. The van der Waals surface area contributed by atoms with E-state index in [2.05, 4.69) is 18.9 Å². The Bertz CT molecular complexity index is 376. The third-order valence-electron chi connectivity index (χ3n) is 3.87. The van der Waals surface area contributed by atoms with Crippen LogP contribution in [0, 0.1) is 11.7 Å². The molecule has 0 saturated heterocycles. The number of benzene rings is 1. The molecule has 2 rings (SSSR count). The Labute approximate surface area is 103 Å². The first kappa shape index (κ1) is 12.5. The first-order chi connectivity index (χ1) is 8.13. The molecule has 0 amide bonds. The summed E-state index contributed by atoms with van der Waals surface area (Å²) in [6.07, 6.45) is 2.56. The highest BCUT2D eigenvalue weighted by atomic mass is 19.1. The Balaban J connectivity index is 2.10. The standard InChI is InChI=1S/C14H21FN2/c1-10(12-4-3-5-13(15)8-12)17(2)14(9-16)11-6-7-11/h3-5,8,10-11,14H,6-7,9,16H2,1-2H3. The van der Waals surface area contributed by atoms with Gasteiger partial charge in [-0.25, -0.2) is 4.39 Å². The van der Waals surface area contributed by atoms with Gasteiger partial charge in [-0.15, -0.1) is 0 Å². The smallest absolute Gasteiger partial charge is 0.123 e. The lowest BCUT2D eigenvalue weighted by molar-refractivity contribution is 0.170. The molecule has 1 aromatic carbocycles. The van der Waals surface area contributed by atoms with E-state index >= 15 is 0 Å². The maximum atomic E-state index is 13.2. The van der Waals surface area contributed by atoms with E-state index in [4.69, 9.17) is 5.73 Å². The molecule has 3 heteroatoms. The van der Waals surface area contributed by atoms with Gasteiger partial charge in [-0.2, -0.15) is 0 Å². The van der Waals surface area contributed by atoms with Gasteiger partial charge in [-0.3, -0.25) is 4.90 Å². The molecule has 0 aromatic heterocycles.